The number of rotatable bonds is 11. The molecule has 0 fully saturated rings. The van der Waals surface area contributed by atoms with Gasteiger partial charge in [0.05, 0.1) is 12.4 Å². The molecule has 0 aliphatic carbocycles. The summed E-state index contributed by atoms with van der Waals surface area (Å²) in [5.74, 6) is 0.0495. The molecule has 0 radical (unpaired) electrons. The number of thioether (sulfide) groups is 1. The average molecular weight is 558 g/mol. The fourth-order valence-corrected chi connectivity index (χ4v) is 4.79. The minimum absolute atomic E-state index is 0.126. The van der Waals surface area contributed by atoms with Crippen molar-refractivity contribution in [2.75, 3.05) is 23.0 Å². The van der Waals surface area contributed by atoms with E-state index < -0.39 is 5.91 Å². The van der Waals surface area contributed by atoms with E-state index in [-0.39, 0.29) is 23.3 Å². The first-order valence-electron chi connectivity index (χ1n) is 12.2. The van der Waals surface area contributed by atoms with Crippen molar-refractivity contribution >= 4 is 58.3 Å². The summed E-state index contributed by atoms with van der Waals surface area (Å²) in [5.41, 5.74) is 1.85. The lowest BCUT2D eigenvalue weighted by Crippen LogP contribution is -2.30. The third kappa shape index (κ3) is 8.59. The molecule has 7 nitrogen and oxygen atoms in total. The van der Waals surface area contributed by atoms with E-state index in [2.05, 4.69) is 16.0 Å². The van der Waals surface area contributed by atoms with Crippen molar-refractivity contribution in [1.82, 2.24) is 5.32 Å². The highest BCUT2D eigenvalue weighted by Gasteiger charge is 2.15. The molecule has 0 aliphatic heterocycles. The van der Waals surface area contributed by atoms with Gasteiger partial charge in [0.25, 0.3) is 11.8 Å². The van der Waals surface area contributed by atoms with Crippen LogP contribution in [0.15, 0.2) is 107 Å². The Morgan fingerprint density at radius 1 is 0.846 bits per heavy atom. The lowest BCUT2D eigenvalue weighted by molar-refractivity contribution is -0.114. The normalized spacial score (nSPS) is 10.9. The van der Waals surface area contributed by atoms with Crippen LogP contribution in [0.1, 0.15) is 22.2 Å². The molecule has 0 unspecified atom stereocenters. The smallest absolute Gasteiger partial charge is 0.272 e. The van der Waals surface area contributed by atoms with Crippen LogP contribution in [0.4, 0.5) is 11.4 Å². The first kappa shape index (κ1) is 27.7. The van der Waals surface area contributed by atoms with Crippen molar-refractivity contribution in [1.29, 1.82) is 0 Å². The van der Waals surface area contributed by atoms with Gasteiger partial charge >= 0.3 is 0 Å². The fraction of sp³-hybridized carbons (Fsp3) is 0.100. The Kier molecular flexibility index (Phi) is 9.93. The molecule has 4 aromatic rings. The van der Waals surface area contributed by atoms with Crippen LogP contribution < -0.4 is 20.7 Å². The van der Waals surface area contributed by atoms with Crippen molar-refractivity contribution < 1.29 is 19.1 Å². The van der Waals surface area contributed by atoms with Crippen LogP contribution in [-0.4, -0.2) is 30.1 Å². The van der Waals surface area contributed by atoms with Gasteiger partial charge in [-0.3, -0.25) is 14.4 Å². The monoisotopic (exact) mass is 557 g/mol. The molecule has 0 atom stereocenters. The van der Waals surface area contributed by atoms with Crippen LogP contribution in [0, 0.1) is 0 Å². The summed E-state index contributed by atoms with van der Waals surface area (Å²) in [6, 6.07) is 26.9. The molecular formula is C30H27N3O4S2. The molecule has 0 saturated carbocycles. The number of carbonyl (C=O) groups is 3. The summed E-state index contributed by atoms with van der Waals surface area (Å²) >= 11 is 2.85. The molecule has 3 N–H and O–H groups in total. The SMILES string of the molecule is CCOc1ccc(NC(=O)CSc2ccc(NC(=O)/C(=C/c3cccs3)NC(=O)c3ccccc3)cc2)cc1. The van der Waals surface area contributed by atoms with Crippen molar-refractivity contribution in [3.63, 3.8) is 0 Å². The summed E-state index contributed by atoms with van der Waals surface area (Å²) in [7, 11) is 0. The average Bonchev–Trinajstić information content (AvgIpc) is 3.47. The summed E-state index contributed by atoms with van der Waals surface area (Å²) < 4.78 is 5.41. The van der Waals surface area contributed by atoms with Gasteiger partial charge in [-0.2, -0.15) is 0 Å². The minimum atomic E-state index is -0.442. The molecule has 9 heteroatoms. The van der Waals surface area contributed by atoms with Gasteiger partial charge < -0.3 is 20.7 Å². The van der Waals surface area contributed by atoms with Gasteiger partial charge in [0, 0.05) is 26.7 Å². The molecule has 1 heterocycles. The Morgan fingerprint density at radius 3 is 2.21 bits per heavy atom. The molecule has 3 amide bonds. The number of nitrogens with one attached hydrogen (secondary N) is 3. The van der Waals surface area contributed by atoms with Crippen LogP contribution >= 0.6 is 23.1 Å². The standard InChI is InChI=1S/C30H27N3O4S2/c1-2-37-24-14-10-22(11-15-24)31-28(34)20-39-25-16-12-23(13-17-25)32-30(36)27(19-26-9-6-18-38-26)33-29(35)21-7-4-3-5-8-21/h3-19H,2,20H2,1H3,(H,31,34)(H,32,36)(H,33,35)/b27-19-. The van der Waals surface area contributed by atoms with Gasteiger partial charge in [-0.25, -0.2) is 0 Å². The summed E-state index contributed by atoms with van der Waals surface area (Å²) in [6.45, 7) is 2.50. The quantitative estimate of drug-likeness (QED) is 0.149. The Balaban J connectivity index is 1.33. The Bertz CT molecular complexity index is 1420. The predicted molar refractivity (Wildman–Crippen MR) is 158 cm³/mol. The van der Waals surface area contributed by atoms with Crippen molar-refractivity contribution in [3.05, 3.63) is 113 Å². The van der Waals surface area contributed by atoms with Crippen LogP contribution in [0.3, 0.4) is 0 Å². The molecule has 198 valence electrons. The minimum Gasteiger partial charge on any atom is -0.494 e. The summed E-state index contributed by atoms with van der Waals surface area (Å²) in [5, 5.41) is 10.3. The number of thiophene rings is 1. The zero-order valence-electron chi connectivity index (χ0n) is 21.2. The van der Waals surface area contributed by atoms with Gasteiger partial charge in [-0.15, -0.1) is 23.1 Å². The van der Waals surface area contributed by atoms with E-state index in [4.69, 9.17) is 4.74 Å². The maximum Gasteiger partial charge on any atom is 0.272 e. The van der Waals surface area contributed by atoms with Crippen molar-refractivity contribution in [2.45, 2.75) is 11.8 Å². The van der Waals surface area contributed by atoms with Gasteiger partial charge in [-0.05, 0) is 85.1 Å². The van der Waals surface area contributed by atoms with E-state index in [1.807, 2.05) is 54.8 Å². The number of ether oxygens (including phenoxy) is 1. The Labute approximate surface area is 235 Å². The summed E-state index contributed by atoms with van der Waals surface area (Å²) in [4.78, 5) is 39.8. The number of benzene rings is 3. The molecule has 1 aromatic heterocycles. The number of hydrogen-bond acceptors (Lipinski definition) is 6. The molecule has 0 aliphatic rings. The van der Waals surface area contributed by atoms with Crippen LogP contribution in [0.25, 0.3) is 6.08 Å². The molecule has 3 aromatic carbocycles. The van der Waals surface area contributed by atoms with Crippen molar-refractivity contribution in [2.24, 2.45) is 0 Å². The van der Waals surface area contributed by atoms with Crippen LogP contribution in [0.2, 0.25) is 0 Å². The van der Waals surface area contributed by atoms with Crippen molar-refractivity contribution in [3.8, 4) is 5.75 Å². The first-order chi connectivity index (χ1) is 19.0. The third-order valence-electron chi connectivity index (χ3n) is 5.29. The predicted octanol–water partition coefficient (Wildman–Crippen LogP) is 6.29. The van der Waals surface area contributed by atoms with Gasteiger partial charge in [0.15, 0.2) is 0 Å². The van der Waals surface area contributed by atoms with Crippen LogP contribution in [-0.2, 0) is 9.59 Å². The second-order valence-electron chi connectivity index (χ2n) is 8.17. The first-order valence-corrected chi connectivity index (χ1v) is 14.0. The molecule has 0 bridgehead atoms. The van der Waals surface area contributed by atoms with E-state index in [9.17, 15) is 14.4 Å². The fourth-order valence-electron chi connectivity index (χ4n) is 3.44. The zero-order chi connectivity index (χ0) is 27.5. The lowest BCUT2D eigenvalue weighted by atomic mass is 10.2. The van der Waals surface area contributed by atoms with E-state index in [0.29, 0.717) is 23.5 Å². The number of carbonyl (C=O) groups excluding carboxylic acids is 3. The highest BCUT2D eigenvalue weighted by molar-refractivity contribution is 8.00. The largest absolute Gasteiger partial charge is 0.494 e. The second-order valence-corrected chi connectivity index (χ2v) is 10.2. The van der Waals surface area contributed by atoms with Gasteiger partial charge in [0.1, 0.15) is 11.4 Å². The van der Waals surface area contributed by atoms with Gasteiger partial charge in [0.2, 0.25) is 5.91 Å². The maximum atomic E-state index is 13.1. The van der Waals surface area contributed by atoms with Gasteiger partial charge in [-0.1, -0.05) is 24.3 Å². The highest BCUT2D eigenvalue weighted by atomic mass is 32.2. The van der Waals surface area contributed by atoms with E-state index in [1.165, 1.54) is 23.1 Å². The lowest BCUT2D eigenvalue weighted by Gasteiger charge is -2.11. The molecule has 4 rings (SSSR count). The molecule has 0 saturated heterocycles. The number of amides is 3. The number of anilines is 2. The molecule has 39 heavy (non-hydrogen) atoms. The Morgan fingerprint density at radius 2 is 1.54 bits per heavy atom. The molecule has 0 spiro atoms. The highest BCUT2D eigenvalue weighted by Crippen LogP contribution is 2.22. The van der Waals surface area contributed by atoms with E-state index in [1.54, 1.807) is 54.6 Å². The molecular weight excluding hydrogens is 530 g/mol. The van der Waals surface area contributed by atoms with E-state index in [0.717, 1.165) is 15.5 Å². The third-order valence-corrected chi connectivity index (χ3v) is 7.12. The topological polar surface area (TPSA) is 96.5 Å². The zero-order valence-corrected chi connectivity index (χ0v) is 22.8. The van der Waals surface area contributed by atoms with Crippen LogP contribution in [0.5, 0.6) is 5.75 Å². The van der Waals surface area contributed by atoms with E-state index >= 15 is 0 Å². The Hall–Kier alpha value is -4.34. The maximum absolute atomic E-state index is 13.1. The summed E-state index contributed by atoms with van der Waals surface area (Å²) in [6.07, 6.45) is 1.65. The second kappa shape index (κ2) is 14.0. The number of hydrogen-bond donors (Lipinski definition) is 3.